The summed E-state index contributed by atoms with van der Waals surface area (Å²) >= 11 is 0.816. The van der Waals surface area contributed by atoms with E-state index in [1.165, 1.54) is 0 Å². The summed E-state index contributed by atoms with van der Waals surface area (Å²) in [4.78, 5) is 39.0. The van der Waals surface area contributed by atoms with Gasteiger partial charge in [-0.05, 0) is 53.6 Å². The molecule has 0 saturated carbocycles. The monoisotopic (exact) mass is 472 g/mol. The lowest BCUT2D eigenvalue weighted by Gasteiger charge is -2.13. The summed E-state index contributed by atoms with van der Waals surface area (Å²) in [5.74, 6) is -0.324. The van der Waals surface area contributed by atoms with Crippen molar-refractivity contribution in [3.05, 3.63) is 100 Å². The molecule has 1 aliphatic rings. The Morgan fingerprint density at radius 1 is 0.941 bits per heavy atom. The normalized spacial score (nSPS) is 14.5. The molecule has 0 bridgehead atoms. The fourth-order valence-electron chi connectivity index (χ4n) is 3.41. The molecule has 3 aromatic rings. The Morgan fingerprint density at radius 3 is 2.38 bits per heavy atom. The first-order valence-corrected chi connectivity index (χ1v) is 11.7. The van der Waals surface area contributed by atoms with Crippen LogP contribution in [-0.2, 0) is 22.6 Å². The molecule has 0 spiro atoms. The summed E-state index contributed by atoms with van der Waals surface area (Å²) < 4.78 is 5.94. The molecule has 1 fully saturated rings. The average molecular weight is 473 g/mol. The molecule has 0 radical (unpaired) electrons. The molecule has 172 valence electrons. The van der Waals surface area contributed by atoms with Gasteiger partial charge in [0.25, 0.3) is 11.1 Å². The fourth-order valence-corrected chi connectivity index (χ4v) is 4.24. The van der Waals surface area contributed by atoms with Crippen LogP contribution in [-0.4, -0.2) is 28.5 Å². The van der Waals surface area contributed by atoms with Crippen molar-refractivity contribution < 1.29 is 19.1 Å². The zero-order chi connectivity index (χ0) is 23.9. The van der Waals surface area contributed by atoms with Crippen LogP contribution in [0.5, 0.6) is 5.75 Å². The summed E-state index contributed by atoms with van der Waals surface area (Å²) in [6.07, 6.45) is 2.53. The van der Waals surface area contributed by atoms with Gasteiger partial charge >= 0.3 is 0 Å². The lowest BCUT2D eigenvalue weighted by Crippen LogP contribution is -2.36. The van der Waals surface area contributed by atoms with Crippen LogP contribution in [0.4, 0.5) is 10.5 Å². The van der Waals surface area contributed by atoms with E-state index in [9.17, 15) is 14.4 Å². The molecular weight excluding hydrogens is 448 g/mol. The predicted molar refractivity (Wildman–Crippen MR) is 134 cm³/mol. The van der Waals surface area contributed by atoms with Crippen molar-refractivity contribution in [3.63, 3.8) is 0 Å². The van der Waals surface area contributed by atoms with Gasteiger partial charge in [0, 0.05) is 11.3 Å². The lowest BCUT2D eigenvalue weighted by atomic mass is 10.1. The molecular formula is C27H24N2O4S. The minimum absolute atomic E-state index is 0.251. The van der Waals surface area contributed by atoms with Gasteiger partial charge in [-0.2, -0.15) is 0 Å². The van der Waals surface area contributed by atoms with Gasteiger partial charge < -0.3 is 10.1 Å². The van der Waals surface area contributed by atoms with Gasteiger partial charge in [-0.25, -0.2) is 0 Å². The summed E-state index contributed by atoms with van der Waals surface area (Å²) in [7, 11) is 0. The van der Waals surface area contributed by atoms with E-state index in [-0.39, 0.29) is 11.4 Å². The number of para-hydroxylation sites is 1. The molecule has 6 nitrogen and oxygen atoms in total. The molecule has 1 heterocycles. The maximum absolute atomic E-state index is 12.9. The molecule has 3 aromatic carbocycles. The fraction of sp³-hybridized carbons (Fsp3) is 0.148. The Kier molecular flexibility index (Phi) is 7.44. The Labute approximate surface area is 202 Å². The van der Waals surface area contributed by atoms with Crippen LogP contribution in [0, 0.1) is 0 Å². The Morgan fingerprint density at radius 2 is 1.65 bits per heavy atom. The number of hydrogen-bond acceptors (Lipinski definition) is 5. The number of hydrogen-bond donors (Lipinski definition) is 1. The topological polar surface area (TPSA) is 75.7 Å². The summed E-state index contributed by atoms with van der Waals surface area (Å²) in [6.45, 7) is 2.09. The largest absolute Gasteiger partial charge is 0.488 e. The van der Waals surface area contributed by atoms with Gasteiger partial charge in [-0.1, -0.05) is 67.6 Å². The van der Waals surface area contributed by atoms with Gasteiger partial charge in [0.15, 0.2) is 0 Å². The van der Waals surface area contributed by atoms with Gasteiger partial charge in [0.2, 0.25) is 5.91 Å². The highest BCUT2D eigenvalue weighted by atomic mass is 32.2. The van der Waals surface area contributed by atoms with Crippen molar-refractivity contribution in [1.29, 1.82) is 0 Å². The highest BCUT2D eigenvalue weighted by Crippen LogP contribution is 2.34. The van der Waals surface area contributed by atoms with Crippen LogP contribution in [0.2, 0.25) is 0 Å². The number of ether oxygens (including phenoxy) is 1. The number of nitrogens with zero attached hydrogens (tertiary/aromatic N) is 1. The lowest BCUT2D eigenvalue weighted by molar-refractivity contribution is -0.127. The number of benzene rings is 3. The summed E-state index contributed by atoms with van der Waals surface area (Å²) in [6, 6.07) is 24.5. The van der Waals surface area contributed by atoms with E-state index < -0.39 is 17.1 Å². The quantitative estimate of drug-likeness (QED) is 0.438. The second-order valence-electron chi connectivity index (χ2n) is 7.68. The zero-order valence-electron chi connectivity index (χ0n) is 18.7. The van der Waals surface area contributed by atoms with Crippen molar-refractivity contribution in [1.82, 2.24) is 4.90 Å². The Bertz CT molecular complexity index is 1220. The maximum Gasteiger partial charge on any atom is 0.294 e. The third kappa shape index (κ3) is 5.74. The SMILES string of the molecule is CCc1ccc(NC(=O)CN2C(=O)S/C(=C/c3ccccc3OCc3ccccc3)C2=O)cc1. The van der Waals surface area contributed by atoms with Gasteiger partial charge in [-0.15, -0.1) is 0 Å². The number of nitrogens with one attached hydrogen (secondary N) is 1. The van der Waals surface area contributed by atoms with Gasteiger partial charge in [0.05, 0.1) is 4.91 Å². The molecule has 0 atom stereocenters. The van der Waals surface area contributed by atoms with Crippen LogP contribution in [0.15, 0.2) is 83.8 Å². The first-order valence-electron chi connectivity index (χ1n) is 10.9. The number of rotatable bonds is 8. The van der Waals surface area contributed by atoms with Crippen molar-refractivity contribution in [2.45, 2.75) is 20.0 Å². The summed E-state index contributed by atoms with van der Waals surface area (Å²) in [5.41, 5.74) is 3.48. The van der Waals surface area contributed by atoms with Gasteiger partial charge in [-0.3, -0.25) is 19.3 Å². The summed E-state index contributed by atoms with van der Waals surface area (Å²) in [5, 5.41) is 2.26. The molecule has 4 rings (SSSR count). The third-order valence-corrected chi connectivity index (χ3v) is 6.17. The maximum atomic E-state index is 12.9. The van der Waals surface area contributed by atoms with Crippen molar-refractivity contribution >= 4 is 40.6 Å². The molecule has 1 saturated heterocycles. The highest BCUT2D eigenvalue weighted by Gasteiger charge is 2.36. The molecule has 7 heteroatoms. The van der Waals surface area contributed by atoms with Crippen molar-refractivity contribution in [2.24, 2.45) is 0 Å². The number of imide groups is 1. The first kappa shape index (κ1) is 23.3. The molecule has 0 aromatic heterocycles. The highest BCUT2D eigenvalue weighted by molar-refractivity contribution is 8.18. The smallest absolute Gasteiger partial charge is 0.294 e. The number of thioether (sulfide) groups is 1. The van der Waals surface area contributed by atoms with Crippen LogP contribution >= 0.6 is 11.8 Å². The first-order chi connectivity index (χ1) is 16.5. The van der Waals surface area contributed by atoms with E-state index >= 15 is 0 Å². The van der Waals surface area contributed by atoms with E-state index in [2.05, 4.69) is 12.2 Å². The molecule has 1 aliphatic heterocycles. The number of aryl methyl sites for hydroxylation is 1. The van der Waals surface area contributed by atoms with Crippen molar-refractivity contribution in [3.8, 4) is 5.75 Å². The molecule has 0 unspecified atom stereocenters. The molecule has 1 N–H and O–H groups in total. The second kappa shape index (κ2) is 10.9. The Balaban J connectivity index is 1.43. The van der Waals surface area contributed by atoms with Crippen LogP contribution in [0.1, 0.15) is 23.6 Å². The van der Waals surface area contributed by atoms with Crippen LogP contribution < -0.4 is 10.1 Å². The predicted octanol–water partition coefficient (Wildman–Crippen LogP) is 5.50. The minimum atomic E-state index is -0.496. The Hall–Kier alpha value is -3.84. The number of anilines is 1. The zero-order valence-corrected chi connectivity index (χ0v) is 19.5. The van der Waals surface area contributed by atoms with Crippen LogP contribution in [0.3, 0.4) is 0 Å². The van der Waals surface area contributed by atoms with Crippen molar-refractivity contribution in [2.75, 3.05) is 11.9 Å². The second-order valence-corrected chi connectivity index (χ2v) is 8.67. The molecule has 0 aliphatic carbocycles. The van der Waals surface area contributed by atoms with E-state index in [4.69, 9.17) is 4.74 Å². The van der Waals surface area contributed by atoms with E-state index in [0.29, 0.717) is 23.6 Å². The van der Waals surface area contributed by atoms with E-state index in [0.717, 1.165) is 34.2 Å². The molecule has 34 heavy (non-hydrogen) atoms. The van der Waals surface area contributed by atoms with Crippen LogP contribution in [0.25, 0.3) is 6.08 Å². The van der Waals surface area contributed by atoms with Gasteiger partial charge in [0.1, 0.15) is 18.9 Å². The molecule has 3 amide bonds. The average Bonchev–Trinajstić information content (AvgIpc) is 3.12. The number of carbonyl (C=O) groups is 3. The third-order valence-electron chi connectivity index (χ3n) is 5.26. The minimum Gasteiger partial charge on any atom is -0.488 e. The number of carbonyl (C=O) groups excluding carboxylic acids is 3. The van der Waals surface area contributed by atoms with E-state index in [1.54, 1.807) is 18.2 Å². The number of amides is 3. The van der Waals surface area contributed by atoms with E-state index in [1.807, 2.05) is 66.7 Å². The standard InChI is InChI=1S/C27H24N2O4S/c1-2-19-12-14-22(15-13-19)28-25(30)17-29-26(31)24(34-27(29)32)16-21-10-6-7-11-23(21)33-18-20-8-4-3-5-9-20/h3-16H,2,17-18H2,1H3,(H,28,30)/b24-16+.